The van der Waals surface area contributed by atoms with E-state index in [1.54, 1.807) is 26.3 Å². The van der Waals surface area contributed by atoms with Crippen LogP contribution in [0.1, 0.15) is 21.7 Å². The highest BCUT2D eigenvalue weighted by Gasteiger charge is 2.09. The van der Waals surface area contributed by atoms with Crippen LogP contribution in [0.5, 0.6) is 5.75 Å². The second-order valence-electron chi connectivity index (χ2n) is 6.73. The van der Waals surface area contributed by atoms with Crippen molar-refractivity contribution in [2.75, 3.05) is 26.5 Å². The minimum absolute atomic E-state index is 0. The minimum atomic E-state index is -0.272. The minimum Gasteiger partial charge on any atom is -0.497 e. The molecule has 2 aromatic carbocycles. The summed E-state index contributed by atoms with van der Waals surface area (Å²) in [5.41, 5.74) is 2.95. The van der Waals surface area contributed by atoms with Crippen LogP contribution in [0.15, 0.2) is 76.3 Å². The quantitative estimate of drug-likeness (QED) is 0.268. The Hall–Kier alpha value is -3.01. The number of aliphatic imine (C=N–C) groups is 1. The van der Waals surface area contributed by atoms with Gasteiger partial charge in [-0.3, -0.25) is 9.79 Å². The number of amides is 1. The molecule has 1 amide bonds. The maximum Gasteiger partial charge on any atom is 0.291 e. The maximum atomic E-state index is 12.0. The number of rotatable bonds is 7. The molecule has 0 aliphatic heterocycles. The fourth-order valence-corrected chi connectivity index (χ4v) is 2.95. The van der Waals surface area contributed by atoms with Crippen molar-refractivity contribution >= 4 is 41.5 Å². The molecule has 3 aromatic rings. The van der Waals surface area contributed by atoms with Gasteiger partial charge in [0.2, 0.25) is 0 Å². The molecule has 0 atom stereocenters. The zero-order valence-electron chi connectivity index (χ0n) is 17.8. The first-order chi connectivity index (χ1) is 14.6. The van der Waals surface area contributed by atoms with Crippen LogP contribution in [0.3, 0.4) is 0 Å². The van der Waals surface area contributed by atoms with E-state index in [-0.39, 0.29) is 35.6 Å². The Balaban J connectivity index is 0.00000341. The highest BCUT2D eigenvalue weighted by atomic mass is 127. The smallest absolute Gasteiger partial charge is 0.291 e. The molecule has 0 spiro atoms. The third-order valence-electron chi connectivity index (χ3n) is 4.56. The van der Waals surface area contributed by atoms with Crippen molar-refractivity contribution in [1.82, 2.24) is 10.2 Å². The van der Waals surface area contributed by atoms with Crippen molar-refractivity contribution in [1.29, 1.82) is 0 Å². The Bertz CT molecular complexity index is 971. The molecule has 1 aromatic heterocycles. The van der Waals surface area contributed by atoms with Gasteiger partial charge >= 0.3 is 0 Å². The van der Waals surface area contributed by atoms with Crippen LogP contribution in [0, 0.1) is 0 Å². The molecular formula is C23H27IN4O3. The van der Waals surface area contributed by atoms with Crippen LogP contribution in [-0.4, -0.2) is 38.0 Å². The monoisotopic (exact) mass is 534 g/mol. The van der Waals surface area contributed by atoms with Crippen LogP contribution in [-0.2, 0) is 13.1 Å². The van der Waals surface area contributed by atoms with Gasteiger partial charge in [-0.05, 0) is 47.5 Å². The van der Waals surface area contributed by atoms with E-state index >= 15 is 0 Å². The summed E-state index contributed by atoms with van der Waals surface area (Å²) >= 11 is 0. The number of nitrogens with zero attached hydrogens (tertiary/aromatic N) is 2. The molecule has 2 N–H and O–H groups in total. The first-order valence-corrected chi connectivity index (χ1v) is 9.57. The van der Waals surface area contributed by atoms with Gasteiger partial charge in [-0.15, -0.1) is 24.0 Å². The van der Waals surface area contributed by atoms with E-state index in [1.165, 1.54) is 6.26 Å². The number of methoxy groups -OCH3 is 1. The van der Waals surface area contributed by atoms with E-state index in [9.17, 15) is 4.79 Å². The standard InChI is InChI=1S/C23H26N4O3.HI/c1-24-23(27(2)16-18-8-12-20(29-3)13-9-18)25-15-17-6-10-19(11-7-17)26-22(28)21-5-4-14-30-21;/h4-14H,15-16H2,1-3H3,(H,24,25)(H,26,28);1H. The molecular weight excluding hydrogens is 507 g/mol. The Kier molecular flexibility index (Phi) is 9.39. The third kappa shape index (κ3) is 7.02. The summed E-state index contributed by atoms with van der Waals surface area (Å²) < 4.78 is 10.3. The van der Waals surface area contributed by atoms with Crippen molar-refractivity contribution in [3.63, 3.8) is 0 Å². The summed E-state index contributed by atoms with van der Waals surface area (Å²) in [6.45, 7) is 1.34. The lowest BCUT2D eigenvalue weighted by molar-refractivity contribution is 0.0996. The van der Waals surface area contributed by atoms with Gasteiger partial charge in [0, 0.05) is 32.9 Å². The number of benzene rings is 2. The molecule has 0 fully saturated rings. The molecule has 0 saturated heterocycles. The fourth-order valence-electron chi connectivity index (χ4n) is 2.95. The van der Waals surface area contributed by atoms with Gasteiger partial charge in [0.25, 0.3) is 5.91 Å². The summed E-state index contributed by atoms with van der Waals surface area (Å²) in [5, 5.41) is 6.17. The van der Waals surface area contributed by atoms with Gasteiger partial charge in [0.15, 0.2) is 11.7 Å². The molecule has 0 bridgehead atoms. The van der Waals surface area contributed by atoms with Crippen LogP contribution in [0.25, 0.3) is 0 Å². The van der Waals surface area contributed by atoms with Crippen LogP contribution in [0.2, 0.25) is 0 Å². The van der Waals surface area contributed by atoms with Gasteiger partial charge < -0.3 is 24.7 Å². The van der Waals surface area contributed by atoms with E-state index in [4.69, 9.17) is 9.15 Å². The number of furan rings is 1. The molecule has 1 heterocycles. The summed E-state index contributed by atoms with van der Waals surface area (Å²) in [6, 6.07) is 18.9. The molecule has 164 valence electrons. The zero-order valence-corrected chi connectivity index (χ0v) is 20.1. The SMILES string of the molecule is CN=C(NCc1ccc(NC(=O)c2ccco2)cc1)N(C)Cc1ccc(OC)cc1.I. The first kappa shape index (κ1) is 24.3. The third-order valence-corrected chi connectivity index (χ3v) is 4.56. The van der Waals surface area contributed by atoms with Crippen LogP contribution < -0.4 is 15.4 Å². The highest BCUT2D eigenvalue weighted by molar-refractivity contribution is 14.0. The van der Waals surface area contributed by atoms with Crippen LogP contribution >= 0.6 is 24.0 Å². The average Bonchev–Trinajstić information content (AvgIpc) is 3.31. The molecule has 31 heavy (non-hydrogen) atoms. The number of nitrogens with one attached hydrogen (secondary N) is 2. The Morgan fingerprint density at radius 1 is 1.06 bits per heavy atom. The number of carbonyl (C=O) groups excluding carboxylic acids is 1. The van der Waals surface area contributed by atoms with E-state index in [0.29, 0.717) is 12.2 Å². The lowest BCUT2D eigenvalue weighted by Gasteiger charge is -2.22. The average molecular weight is 534 g/mol. The number of hydrogen-bond acceptors (Lipinski definition) is 4. The number of guanidine groups is 1. The lowest BCUT2D eigenvalue weighted by atomic mass is 10.2. The van der Waals surface area contributed by atoms with Crippen molar-refractivity contribution in [3.8, 4) is 5.75 Å². The number of hydrogen-bond donors (Lipinski definition) is 2. The maximum absolute atomic E-state index is 12.0. The van der Waals surface area contributed by atoms with Crippen molar-refractivity contribution in [3.05, 3.63) is 83.8 Å². The fraction of sp³-hybridized carbons (Fsp3) is 0.217. The van der Waals surface area contributed by atoms with E-state index in [0.717, 1.165) is 29.4 Å². The van der Waals surface area contributed by atoms with Crippen LogP contribution in [0.4, 0.5) is 5.69 Å². The van der Waals surface area contributed by atoms with E-state index in [1.807, 2.05) is 55.6 Å². The molecule has 0 aliphatic carbocycles. The largest absolute Gasteiger partial charge is 0.497 e. The van der Waals surface area contributed by atoms with Crippen molar-refractivity contribution in [2.24, 2.45) is 4.99 Å². The van der Waals surface area contributed by atoms with Gasteiger partial charge in [-0.1, -0.05) is 24.3 Å². The van der Waals surface area contributed by atoms with Crippen molar-refractivity contribution in [2.45, 2.75) is 13.1 Å². The predicted molar refractivity (Wildman–Crippen MR) is 133 cm³/mol. The summed E-state index contributed by atoms with van der Waals surface area (Å²) in [7, 11) is 5.42. The number of anilines is 1. The highest BCUT2D eigenvalue weighted by Crippen LogP contribution is 2.14. The predicted octanol–water partition coefficient (Wildman–Crippen LogP) is 4.37. The van der Waals surface area contributed by atoms with Gasteiger partial charge in [0.1, 0.15) is 5.75 Å². The van der Waals surface area contributed by atoms with E-state index < -0.39 is 0 Å². The van der Waals surface area contributed by atoms with Gasteiger partial charge in [-0.25, -0.2) is 0 Å². The first-order valence-electron chi connectivity index (χ1n) is 9.57. The van der Waals surface area contributed by atoms with Gasteiger partial charge in [-0.2, -0.15) is 0 Å². The number of carbonyl (C=O) groups is 1. The second-order valence-corrected chi connectivity index (χ2v) is 6.73. The molecule has 0 radical (unpaired) electrons. The summed E-state index contributed by atoms with van der Waals surface area (Å²) in [5.74, 6) is 1.64. The summed E-state index contributed by atoms with van der Waals surface area (Å²) in [4.78, 5) is 18.4. The molecule has 0 saturated carbocycles. The Morgan fingerprint density at radius 3 is 2.32 bits per heavy atom. The molecule has 0 unspecified atom stereocenters. The van der Waals surface area contributed by atoms with Crippen molar-refractivity contribution < 1.29 is 13.9 Å². The van der Waals surface area contributed by atoms with E-state index in [2.05, 4.69) is 20.5 Å². The molecule has 0 aliphatic rings. The Labute approximate surface area is 199 Å². The second kappa shape index (κ2) is 12.0. The lowest BCUT2D eigenvalue weighted by Crippen LogP contribution is -2.38. The zero-order chi connectivity index (χ0) is 21.3. The molecule has 3 rings (SSSR count). The topological polar surface area (TPSA) is 79.1 Å². The normalized spacial score (nSPS) is 10.7. The van der Waals surface area contributed by atoms with Gasteiger partial charge in [0.05, 0.1) is 13.4 Å². The molecule has 7 nitrogen and oxygen atoms in total. The summed E-state index contributed by atoms with van der Waals surface area (Å²) in [6.07, 6.45) is 1.47. The molecule has 8 heteroatoms. The Morgan fingerprint density at radius 2 is 1.74 bits per heavy atom. The number of ether oxygens (including phenoxy) is 1. The number of halogens is 1.